The van der Waals surface area contributed by atoms with E-state index >= 15 is 0 Å². The summed E-state index contributed by atoms with van der Waals surface area (Å²) in [6.07, 6.45) is 10.5. The number of ketones is 1. The predicted molar refractivity (Wildman–Crippen MR) is 73.4 cm³/mol. The predicted octanol–water partition coefficient (Wildman–Crippen LogP) is 3.82. The zero-order chi connectivity index (χ0) is 13.6. The fraction of sp³-hybridized carbons (Fsp3) is 0.733. The van der Waals surface area contributed by atoms with Crippen LogP contribution in [0.15, 0.2) is 12.7 Å². The Balaban J connectivity index is 3.17. The van der Waals surface area contributed by atoms with Crippen molar-refractivity contribution in [2.45, 2.75) is 64.7 Å². The normalized spacial score (nSPS) is 10.1. The molecule has 0 amide bonds. The van der Waals surface area contributed by atoms with Crippen molar-refractivity contribution in [2.75, 3.05) is 6.61 Å². The van der Waals surface area contributed by atoms with E-state index < -0.39 is 0 Å². The Morgan fingerprint density at radius 1 is 1.00 bits per heavy atom. The van der Waals surface area contributed by atoms with E-state index in [1.54, 1.807) is 0 Å². The third-order valence-corrected chi connectivity index (χ3v) is 2.75. The number of carbonyl (C=O) groups excluding carboxylic acids is 2. The van der Waals surface area contributed by atoms with Crippen LogP contribution >= 0.6 is 0 Å². The van der Waals surface area contributed by atoms with Gasteiger partial charge in [0, 0.05) is 6.42 Å². The lowest BCUT2D eigenvalue weighted by molar-refractivity contribution is -0.144. The summed E-state index contributed by atoms with van der Waals surface area (Å²) in [6.45, 7) is 5.67. The second-order valence-corrected chi connectivity index (χ2v) is 4.62. The number of rotatable bonds is 12. The molecular formula is C15H26O3. The fourth-order valence-electron chi connectivity index (χ4n) is 1.63. The summed E-state index contributed by atoms with van der Waals surface area (Å²) in [5.74, 6) is -0.220. The Labute approximate surface area is 111 Å². The molecule has 0 atom stereocenters. The van der Waals surface area contributed by atoms with Crippen LogP contribution in [0.2, 0.25) is 0 Å². The minimum atomic E-state index is -0.254. The largest absolute Gasteiger partial charge is 0.466 e. The van der Waals surface area contributed by atoms with Crippen molar-refractivity contribution < 1.29 is 14.3 Å². The third-order valence-electron chi connectivity index (χ3n) is 2.75. The van der Waals surface area contributed by atoms with Gasteiger partial charge in [-0.25, -0.2) is 0 Å². The average molecular weight is 254 g/mol. The van der Waals surface area contributed by atoms with E-state index in [1.165, 1.54) is 32.6 Å². The number of unbranched alkanes of at least 4 members (excludes halogenated alkanes) is 6. The van der Waals surface area contributed by atoms with Gasteiger partial charge in [-0.05, 0) is 26.2 Å². The van der Waals surface area contributed by atoms with Crippen molar-refractivity contribution in [1.29, 1.82) is 0 Å². The first-order valence-electron chi connectivity index (χ1n) is 6.92. The number of Topliss-reactive ketones (excluding diaryl/α,β-unsaturated/α-hetero) is 1. The molecule has 0 fully saturated rings. The van der Waals surface area contributed by atoms with E-state index in [0.717, 1.165) is 19.3 Å². The lowest BCUT2D eigenvalue weighted by Crippen LogP contribution is -2.07. The molecule has 0 rings (SSSR count). The van der Waals surface area contributed by atoms with Crippen LogP contribution in [-0.4, -0.2) is 18.4 Å². The van der Waals surface area contributed by atoms with Crippen molar-refractivity contribution in [3.8, 4) is 0 Å². The van der Waals surface area contributed by atoms with Crippen LogP contribution in [0.3, 0.4) is 0 Å². The topological polar surface area (TPSA) is 43.4 Å². The summed E-state index contributed by atoms with van der Waals surface area (Å²) in [4.78, 5) is 21.8. The van der Waals surface area contributed by atoms with Crippen LogP contribution in [0, 0.1) is 0 Å². The van der Waals surface area contributed by atoms with E-state index in [2.05, 4.69) is 6.58 Å². The second-order valence-electron chi connectivity index (χ2n) is 4.62. The Morgan fingerprint density at radius 2 is 1.61 bits per heavy atom. The zero-order valence-corrected chi connectivity index (χ0v) is 11.6. The van der Waals surface area contributed by atoms with Crippen molar-refractivity contribution in [3.63, 3.8) is 0 Å². The molecule has 0 N–H and O–H groups in total. The molecule has 0 bridgehead atoms. The van der Waals surface area contributed by atoms with E-state index in [4.69, 9.17) is 4.74 Å². The van der Waals surface area contributed by atoms with Crippen LogP contribution in [-0.2, 0) is 14.3 Å². The molecule has 0 aliphatic heterocycles. The first-order chi connectivity index (χ1) is 8.66. The summed E-state index contributed by atoms with van der Waals surface area (Å²) < 4.78 is 5.03. The molecule has 0 aromatic heterocycles. The number of ether oxygens (including phenoxy) is 1. The van der Waals surface area contributed by atoms with Gasteiger partial charge in [-0.1, -0.05) is 31.8 Å². The fourth-order valence-corrected chi connectivity index (χ4v) is 1.63. The highest BCUT2D eigenvalue weighted by molar-refractivity contribution is 5.80. The molecule has 18 heavy (non-hydrogen) atoms. The molecular weight excluding hydrogens is 228 g/mol. The van der Waals surface area contributed by atoms with Gasteiger partial charge in [0.1, 0.15) is 5.78 Å². The summed E-state index contributed by atoms with van der Waals surface area (Å²) in [5, 5.41) is 0. The molecule has 3 heteroatoms. The molecule has 0 aromatic carbocycles. The van der Waals surface area contributed by atoms with Crippen molar-refractivity contribution in [3.05, 3.63) is 12.7 Å². The Morgan fingerprint density at radius 3 is 2.22 bits per heavy atom. The van der Waals surface area contributed by atoms with Gasteiger partial charge in [0.15, 0.2) is 0 Å². The SMILES string of the molecule is C=CCCCCCCCCOC(=O)CCC(C)=O. The van der Waals surface area contributed by atoms with Crippen LogP contribution in [0.1, 0.15) is 64.7 Å². The molecule has 0 aromatic rings. The van der Waals surface area contributed by atoms with E-state index in [-0.39, 0.29) is 18.2 Å². The number of hydrogen-bond donors (Lipinski definition) is 0. The highest BCUT2D eigenvalue weighted by Crippen LogP contribution is 2.07. The minimum Gasteiger partial charge on any atom is -0.466 e. The molecule has 3 nitrogen and oxygen atoms in total. The van der Waals surface area contributed by atoms with Crippen LogP contribution < -0.4 is 0 Å². The molecule has 0 aliphatic carbocycles. The lowest BCUT2D eigenvalue weighted by Gasteiger charge is -2.04. The summed E-state index contributed by atoms with van der Waals surface area (Å²) in [7, 11) is 0. The number of hydrogen-bond acceptors (Lipinski definition) is 3. The number of carbonyl (C=O) groups is 2. The molecule has 0 spiro atoms. The van der Waals surface area contributed by atoms with E-state index in [0.29, 0.717) is 13.0 Å². The third kappa shape index (κ3) is 12.9. The Kier molecular flexibility index (Phi) is 11.6. The van der Waals surface area contributed by atoms with Crippen LogP contribution in [0.5, 0.6) is 0 Å². The molecule has 0 radical (unpaired) electrons. The van der Waals surface area contributed by atoms with Gasteiger partial charge >= 0.3 is 5.97 Å². The monoisotopic (exact) mass is 254 g/mol. The smallest absolute Gasteiger partial charge is 0.306 e. The van der Waals surface area contributed by atoms with Crippen molar-refractivity contribution >= 4 is 11.8 Å². The zero-order valence-electron chi connectivity index (χ0n) is 11.6. The Hall–Kier alpha value is -1.12. The van der Waals surface area contributed by atoms with Gasteiger partial charge in [0.25, 0.3) is 0 Å². The van der Waals surface area contributed by atoms with Gasteiger partial charge in [-0.3, -0.25) is 4.79 Å². The summed E-state index contributed by atoms with van der Waals surface area (Å²) in [6, 6.07) is 0. The van der Waals surface area contributed by atoms with E-state index in [1.807, 2.05) is 6.08 Å². The molecule has 104 valence electrons. The quantitative estimate of drug-likeness (QED) is 0.302. The van der Waals surface area contributed by atoms with Gasteiger partial charge in [-0.15, -0.1) is 6.58 Å². The number of allylic oxidation sites excluding steroid dienone is 1. The average Bonchev–Trinajstić information content (AvgIpc) is 2.34. The molecule has 0 heterocycles. The standard InChI is InChI=1S/C15H26O3/c1-3-4-5-6-7-8-9-10-13-18-15(17)12-11-14(2)16/h3H,1,4-13H2,2H3. The van der Waals surface area contributed by atoms with Gasteiger partial charge in [0.05, 0.1) is 13.0 Å². The number of esters is 1. The summed E-state index contributed by atoms with van der Waals surface area (Å²) >= 11 is 0. The molecule has 0 aliphatic rings. The first-order valence-corrected chi connectivity index (χ1v) is 6.92. The molecule has 0 saturated carbocycles. The van der Waals surface area contributed by atoms with Gasteiger partial charge in [0.2, 0.25) is 0 Å². The first kappa shape index (κ1) is 16.9. The molecule has 0 saturated heterocycles. The molecule has 0 unspecified atom stereocenters. The van der Waals surface area contributed by atoms with Gasteiger partial charge in [-0.2, -0.15) is 0 Å². The minimum absolute atomic E-state index is 0.0338. The van der Waals surface area contributed by atoms with Gasteiger partial charge < -0.3 is 9.53 Å². The van der Waals surface area contributed by atoms with Crippen LogP contribution in [0.25, 0.3) is 0 Å². The van der Waals surface area contributed by atoms with Crippen molar-refractivity contribution in [2.24, 2.45) is 0 Å². The summed E-state index contributed by atoms with van der Waals surface area (Å²) in [5.41, 5.74) is 0. The van der Waals surface area contributed by atoms with Crippen LogP contribution in [0.4, 0.5) is 0 Å². The lowest BCUT2D eigenvalue weighted by atomic mass is 10.1. The highest BCUT2D eigenvalue weighted by atomic mass is 16.5. The Bertz CT molecular complexity index is 246. The maximum Gasteiger partial charge on any atom is 0.306 e. The van der Waals surface area contributed by atoms with Crippen molar-refractivity contribution in [1.82, 2.24) is 0 Å². The van der Waals surface area contributed by atoms with E-state index in [9.17, 15) is 9.59 Å². The highest BCUT2D eigenvalue weighted by Gasteiger charge is 2.04. The maximum absolute atomic E-state index is 11.2. The second kappa shape index (κ2) is 12.3. The maximum atomic E-state index is 11.2.